The number of nitrogens with one attached hydrogen (secondary N) is 1. The van der Waals surface area contributed by atoms with Crippen molar-refractivity contribution in [1.29, 1.82) is 0 Å². The summed E-state index contributed by atoms with van der Waals surface area (Å²) in [6.07, 6.45) is 5.10. The standard InChI is InChI=1S/C18H28N4O2/c23-16-5-3-4-15(16)14-20-18(24)7-9-21-10-12-22(13-11-21)17-6-1-2-8-19-17/h1-2,6,8,15-16,23H,3-5,7,9-14H2,(H,20,24). The maximum Gasteiger partial charge on any atom is 0.221 e. The van der Waals surface area contributed by atoms with Gasteiger partial charge in [0.15, 0.2) is 0 Å². The lowest BCUT2D eigenvalue weighted by atomic mass is 10.1. The molecule has 132 valence electrons. The second-order valence-corrected chi connectivity index (χ2v) is 6.83. The number of amides is 1. The van der Waals surface area contributed by atoms with Gasteiger partial charge in [0, 0.05) is 57.8 Å². The molecule has 24 heavy (non-hydrogen) atoms. The average Bonchev–Trinajstić information content (AvgIpc) is 3.04. The Hall–Kier alpha value is -1.66. The van der Waals surface area contributed by atoms with Gasteiger partial charge >= 0.3 is 0 Å². The van der Waals surface area contributed by atoms with E-state index in [1.807, 2.05) is 24.4 Å². The summed E-state index contributed by atoms with van der Waals surface area (Å²) in [6.45, 7) is 5.25. The summed E-state index contributed by atoms with van der Waals surface area (Å²) in [4.78, 5) is 21.0. The SMILES string of the molecule is O=C(CCN1CCN(c2ccccn2)CC1)NCC1CCCC1O. The fourth-order valence-electron chi connectivity index (χ4n) is 3.59. The number of rotatable bonds is 6. The lowest BCUT2D eigenvalue weighted by molar-refractivity contribution is -0.121. The first-order valence-corrected chi connectivity index (χ1v) is 9.05. The smallest absolute Gasteiger partial charge is 0.221 e. The largest absolute Gasteiger partial charge is 0.393 e. The van der Waals surface area contributed by atoms with Crippen LogP contribution in [0.25, 0.3) is 0 Å². The molecule has 3 rings (SSSR count). The minimum absolute atomic E-state index is 0.0984. The first kappa shape index (κ1) is 17.2. The van der Waals surface area contributed by atoms with Crippen molar-refractivity contribution in [2.24, 2.45) is 5.92 Å². The summed E-state index contributed by atoms with van der Waals surface area (Å²) in [7, 11) is 0. The molecule has 2 aliphatic rings. The highest BCUT2D eigenvalue weighted by Gasteiger charge is 2.25. The number of aromatic nitrogens is 1. The highest BCUT2D eigenvalue weighted by atomic mass is 16.3. The molecule has 0 bridgehead atoms. The Morgan fingerprint density at radius 1 is 1.25 bits per heavy atom. The topological polar surface area (TPSA) is 68.7 Å². The van der Waals surface area contributed by atoms with Gasteiger partial charge in [0.1, 0.15) is 5.82 Å². The van der Waals surface area contributed by atoms with Crippen molar-refractivity contribution in [2.75, 3.05) is 44.2 Å². The molecule has 2 heterocycles. The lowest BCUT2D eigenvalue weighted by Crippen LogP contribution is -2.47. The normalized spacial score (nSPS) is 25.0. The quantitative estimate of drug-likeness (QED) is 0.809. The van der Waals surface area contributed by atoms with E-state index in [9.17, 15) is 9.90 Å². The van der Waals surface area contributed by atoms with Gasteiger partial charge in [-0.3, -0.25) is 9.69 Å². The van der Waals surface area contributed by atoms with E-state index < -0.39 is 0 Å². The maximum atomic E-state index is 12.0. The third-order valence-corrected chi connectivity index (χ3v) is 5.18. The summed E-state index contributed by atoms with van der Waals surface area (Å²) >= 11 is 0. The lowest BCUT2D eigenvalue weighted by Gasteiger charge is -2.35. The van der Waals surface area contributed by atoms with E-state index in [4.69, 9.17) is 0 Å². The van der Waals surface area contributed by atoms with Crippen LogP contribution in [0, 0.1) is 5.92 Å². The van der Waals surface area contributed by atoms with Gasteiger partial charge in [-0.2, -0.15) is 0 Å². The first-order valence-electron chi connectivity index (χ1n) is 9.05. The zero-order valence-electron chi connectivity index (χ0n) is 14.2. The van der Waals surface area contributed by atoms with E-state index >= 15 is 0 Å². The second kappa shape index (κ2) is 8.44. The summed E-state index contributed by atoms with van der Waals surface area (Å²) in [5.74, 6) is 1.38. The predicted molar refractivity (Wildman–Crippen MR) is 93.9 cm³/mol. The second-order valence-electron chi connectivity index (χ2n) is 6.83. The summed E-state index contributed by atoms with van der Waals surface area (Å²) in [5.41, 5.74) is 0. The van der Waals surface area contributed by atoms with Crippen LogP contribution in [0.3, 0.4) is 0 Å². The molecule has 2 atom stereocenters. The third kappa shape index (κ3) is 4.68. The molecule has 6 heteroatoms. The Kier molecular flexibility index (Phi) is 6.04. The van der Waals surface area contributed by atoms with E-state index in [0.29, 0.717) is 13.0 Å². The van der Waals surface area contributed by atoms with Gasteiger partial charge < -0.3 is 15.3 Å². The van der Waals surface area contributed by atoms with Crippen LogP contribution in [0.1, 0.15) is 25.7 Å². The van der Waals surface area contributed by atoms with Crippen LogP contribution in [-0.4, -0.2) is 66.3 Å². The molecule has 1 amide bonds. The van der Waals surface area contributed by atoms with Crippen LogP contribution in [0.4, 0.5) is 5.82 Å². The van der Waals surface area contributed by atoms with Crippen LogP contribution in [0.15, 0.2) is 24.4 Å². The van der Waals surface area contributed by atoms with Gasteiger partial charge in [-0.05, 0) is 25.0 Å². The fraction of sp³-hybridized carbons (Fsp3) is 0.667. The molecule has 1 aliphatic carbocycles. The van der Waals surface area contributed by atoms with Gasteiger partial charge in [0.25, 0.3) is 0 Å². The summed E-state index contributed by atoms with van der Waals surface area (Å²) in [5, 5.41) is 12.8. The number of carbonyl (C=O) groups excluding carboxylic acids is 1. The van der Waals surface area contributed by atoms with Crippen molar-refractivity contribution in [3.05, 3.63) is 24.4 Å². The molecule has 2 N–H and O–H groups in total. The van der Waals surface area contributed by atoms with E-state index in [1.54, 1.807) is 0 Å². The predicted octanol–water partition coefficient (Wildman–Crippen LogP) is 0.871. The van der Waals surface area contributed by atoms with Crippen molar-refractivity contribution in [1.82, 2.24) is 15.2 Å². The Morgan fingerprint density at radius 3 is 2.75 bits per heavy atom. The van der Waals surface area contributed by atoms with Crippen LogP contribution in [-0.2, 0) is 4.79 Å². The number of hydrogen-bond acceptors (Lipinski definition) is 5. The Morgan fingerprint density at radius 2 is 2.08 bits per heavy atom. The molecule has 1 aromatic heterocycles. The minimum atomic E-state index is -0.232. The van der Waals surface area contributed by atoms with Crippen LogP contribution >= 0.6 is 0 Å². The minimum Gasteiger partial charge on any atom is -0.393 e. The number of piperazine rings is 1. The van der Waals surface area contributed by atoms with Crippen molar-refractivity contribution in [3.63, 3.8) is 0 Å². The van der Waals surface area contributed by atoms with E-state index in [2.05, 4.69) is 20.1 Å². The molecule has 0 spiro atoms. The molecular weight excluding hydrogens is 304 g/mol. The van der Waals surface area contributed by atoms with Gasteiger partial charge in [-0.1, -0.05) is 12.5 Å². The Labute approximate surface area is 143 Å². The zero-order chi connectivity index (χ0) is 16.8. The van der Waals surface area contributed by atoms with E-state index in [1.165, 1.54) is 0 Å². The number of hydrogen-bond donors (Lipinski definition) is 2. The Balaban J connectivity index is 1.32. The molecular formula is C18H28N4O2. The number of anilines is 1. The first-order chi connectivity index (χ1) is 11.7. The van der Waals surface area contributed by atoms with Crippen molar-refractivity contribution >= 4 is 11.7 Å². The molecule has 2 fully saturated rings. The molecule has 1 saturated carbocycles. The van der Waals surface area contributed by atoms with Crippen LogP contribution in [0.2, 0.25) is 0 Å². The third-order valence-electron chi connectivity index (χ3n) is 5.18. The van der Waals surface area contributed by atoms with Gasteiger partial charge in [0.2, 0.25) is 5.91 Å². The summed E-state index contributed by atoms with van der Waals surface area (Å²) in [6, 6.07) is 5.99. The number of carbonyl (C=O) groups is 1. The fourth-order valence-corrected chi connectivity index (χ4v) is 3.59. The number of aliphatic hydroxyl groups excluding tert-OH is 1. The molecule has 0 radical (unpaired) electrons. The number of pyridine rings is 1. The highest BCUT2D eigenvalue weighted by molar-refractivity contribution is 5.76. The van der Waals surface area contributed by atoms with Crippen molar-refractivity contribution in [2.45, 2.75) is 31.8 Å². The van der Waals surface area contributed by atoms with Gasteiger partial charge in [0.05, 0.1) is 6.10 Å². The monoisotopic (exact) mass is 332 g/mol. The molecule has 1 aliphatic heterocycles. The summed E-state index contributed by atoms with van der Waals surface area (Å²) < 4.78 is 0. The zero-order valence-corrected chi connectivity index (χ0v) is 14.2. The average molecular weight is 332 g/mol. The maximum absolute atomic E-state index is 12.0. The van der Waals surface area contributed by atoms with E-state index in [-0.39, 0.29) is 17.9 Å². The van der Waals surface area contributed by atoms with Crippen molar-refractivity contribution < 1.29 is 9.90 Å². The van der Waals surface area contributed by atoms with Crippen molar-refractivity contribution in [3.8, 4) is 0 Å². The molecule has 0 aromatic carbocycles. The van der Waals surface area contributed by atoms with Gasteiger partial charge in [-0.25, -0.2) is 4.98 Å². The van der Waals surface area contributed by atoms with Gasteiger partial charge in [-0.15, -0.1) is 0 Å². The molecule has 1 aromatic rings. The van der Waals surface area contributed by atoms with E-state index in [0.717, 1.165) is 57.8 Å². The number of nitrogens with zero attached hydrogens (tertiary/aromatic N) is 3. The molecule has 2 unspecified atom stereocenters. The Bertz CT molecular complexity index is 517. The molecule has 6 nitrogen and oxygen atoms in total. The molecule has 1 saturated heterocycles. The highest BCUT2D eigenvalue weighted by Crippen LogP contribution is 2.24. The van der Waals surface area contributed by atoms with Crippen LogP contribution in [0.5, 0.6) is 0 Å². The van der Waals surface area contributed by atoms with Crippen LogP contribution < -0.4 is 10.2 Å². The number of aliphatic hydroxyl groups is 1.